The van der Waals surface area contributed by atoms with Gasteiger partial charge in [0.15, 0.2) is 0 Å². The summed E-state index contributed by atoms with van der Waals surface area (Å²) in [4.78, 5) is 0. The van der Waals surface area contributed by atoms with Crippen LogP contribution in [0.15, 0.2) is 28.7 Å². The van der Waals surface area contributed by atoms with E-state index in [1.165, 1.54) is 0 Å². The fourth-order valence-corrected chi connectivity index (χ4v) is 3.41. The molecule has 0 bridgehead atoms. The molecule has 0 spiro atoms. The zero-order chi connectivity index (χ0) is 14.8. The summed E-state index contributed by atoms with van der Waals surface area (Å²) < 4.78 is 38.9. The van der Waals surface area contributed by atoms with Crippen molar-refractivity contribution in [3.8, 4) is 0 Å². The second-order valence-electron chi connectivity index (χ2n) is 5.61. The molecule has 1 aromatic rings. The first-order valence-corrected chi connectivity index (χ1v) is 7.73. The molecule has 1 aliphatic carbocycles. The molecule has 20 heavy (non-hydrogen) atoms. The van der Waals surface area contributed by atoms with E-state index in [4.69, 9.17) is 5.73 Å². The van der Waals surface area contributed by atoms with Gasteiger partial charge < -0.3 is 5.73 Å². The van der Waals surface area contributed by atoms with E-state index >= 15 is 0 Å². The summed E-state index contributed by atoms with van der Waals surface area (Å²) in [6.07, 6.45) is -1.73. The molecule has 1 atom stereocenters. The van der Waals surface area contributed by atoms with Crippen molar-refractivity contribution in [2.45, 2.75) is 44.3 Å². The van der Waals surface area contributed by atoms with E-state index in [0.717, 1.165) is 10.0 Å². The number of benzene rings is 1. The number of rotatable bonds is 3. The molecule has 1 saturated carbocycles. The standard InChI is InChI=1S/C15H19BrF3N/c16-13-4-2-1-3-11(13)9-14(20)10-5-7-12(8-6-10)15(17,18)19/h1-4,10,12,14H,5-9,20H2. The lowest BCUT2D eigenvalue weighted by atomic mass is 9.77. The van der Waals surface area contributed by atoms with Crippen molar-refractivity contribution < 1.29 is 13.2 Å². The molecule has 112 valence electrons. The molecular formula is C15H19BrF3N. The van der Waals surface area contributed by atoms with Gasteiger partial charge in [0.2, 0.25) is 0 Å². The van der Waals surface area contributed by atoms with Crippen LogP contribution < -0.4 is 5.73 Å². The van der Waals surface area contributed by atoms with E-state index in [0.29, 0.717) is 19.3 Å². The Hall–Kier alpha value is -0.550. The predicted octanol–water partition coefficient (Wildman–Crippen LogP) is 4.69. The summed E-state index contributed by atoms with van der Waals surface area (Å²) in [5.74, 6) is -0.935. The third-order valence-electron chi connectivity index (χ3n) is 4.25. The molecule has 2 rings (SSSR count). The van der Waals surface area contributed by atoms with E-state index in [2.05, 4.69) is 15.9 Å². The SMILES string of the molecule is NC(Cc1ccccc1Br)C1CCC(C(F)(F)F)CC1. The zero-order valence-electron chi connectivity index (χ0n) is 11.2. The monoisotopic (exact) mass is 349 g/mol. The van der Waals surface area contributed by atoms with Crippen molar-refractivity contribution in [2.75, 3.05) is 0 Å². The molecule has 5 heteroatoms. The summed E-state index contributed by atoms with van der Waals surface area (Å²) in [5.41, 5.74) is 7.32. The lowest BCUT2D eigenvalue weighted by Crippen LogP contribution is -2.37. The van der Waals surface area contributed by atoms with Gasteiger partial charge in [-0.2, -0.15) is 13.2 Å². The van der Waals surface area contributed by atoms with E-state index in [1.54, 1.807) is 0 Å². The number of nitrogens with two attached hydrogens (primary N) is 1. The summed E-state index contributed by atoms with van der Waals surface area (Å²) in [5, 5.41) is 0. The van der Waals surface area contributed by atoms with Crippen LogP contribution in [-0.4, -0.2) is 12.2 Å². The van der Waals surface area contributed by atoms with E-state index in [-0.39, 0.29) is 24.8 Å². The van der Waals surface area contributed by atoms with Crippen LogP contribution in [0.3, 0.4) is 0 Å². The lowest BCUT2D eigenvalue weighted by Gasteiger charge is -2.33. The van der Waals surface area contributed by atoms with Crippen molar-refractivity contribution in [1.29, 1.82) is 0 Å². The average Bonchev–Trinajstić information content (AvgIpc) is 2.40. The quantitative estimate of drug-likeness (QED) is 0.841. The lowest BCUT2D eigenvalue weighted by molar-refractivity contribution is -0.184. The van der Waals surface area contributed by atoms with Crippen LogP contribution in [0.2, 0.25) is 0 Å². The van der Waals surface area contributed by atoms with Crippen molar-refractivity contribution in [1.82, 2.24) is 0 Å². The van der Waals surface area contributed by atoms with Crippen molar-refractivity contribution in [3.05, 3.63) is 34.3 Å². The summed E-state index contributed by atoms with van der Waals surface area (Å²) in [7, 11) is 0. The zero-order valence-corrected chi connectivity index (χ0v) is 12.8. The molecule has 1 nitrogen and oxygen atoms in total. The Morgan fingerprint density at radius 2 is 1.75 bits per heavy atom. The number of hydrogen-bond acceptors (Lipinski definition) is 1. The molecule has 2 N–H and O–H groups in total. The Kier molecular flexibility index (Phi) is 5.13. The molecule has 0 saturated heterocycles. The van der Waals surface area contributed by atoms with Gasteiger partial charge in [-0.25, -0.2) is 0 Å². The fraction of sp³-hybridized carbons (Fsp3) is 0.600. The molecule has 0 aliphatic heterocycles. The first-order chi connectivity index (χ1) is 9.38. The fourth-order valence-electron chi connectivity index (χ4n) is 2.96. The molecular weight excluding hydrogens is 331 g/mol. The van der Waals surface area contributed by atoms with Crippen LogP contribution in [0, 0.1) is 11.8 Å². The van der Waals surface area contributed by atoms with Crippen LogP contribution in [0.1, 0.15) is 31.2 Å². The van der Waals surface area contributed by atoms with Crippen LogP contribution in [0.5, 0.6) is 0 Å². The predicted molar refractivity (Wildman–Crippen MR) is 77.3 cm³/mol. The molecule has 1 unspecified atom stereocenters. The van der Waals surface area contributed by atoms with Crippen LogP contribution in [0.25, 0.3) is 0 Å². The molecule has 0 heterocycles. The number of hydrogen-bond donors (Lipinski definition) is 1. The third kappa shape index (κ3) is 3.98. The Balaban J connectivity index is 1.89. The van der Waals surface area contributed by atoms with Crippen molar-refractivity contribution in [2.24, 2.45) is 17.6 Å². The highest BCUT2D eigenvalue weighted by Gasteiger charge is 2.42. The number of halogens is 4. The van der Waals surface area contributed by atoms with Gasteiger partial charge in [0.1, 0.15) is 0 Å². The first-order valence-electron chi connectivity index (χ1n) is 6.93. The van der Waals surface area contributed by atoms with Gasteiger partial charge >= 0.3 is 6.18 Å². The Morgan fingerprint density at radius 3 is 2.30 bits per heavy atom. The van der Waals surface area contributed by atoms with E-state index in [1.807, 2.05) is 24.3 Å². The van der Waals surface area contributed by atoms with Gasteiger partial charge in [-0.3, -0.25) is 0 Å². The molecule has 1 aliphatic rings. The minimum Gasteiger partial charge on any atom is -0.327 e. The van der Waals surface area contributed by atoms with Gasteiger partial charge in [0.05, 0.1) is 5.92 Å². The van der Waals surface area contributed by atoms with Gasteiger partial charge in [0, 0.05) is 10.5 Å². The smallest absolute Gasteiger partial charge is 0.327 e. The maximum Gasteiger partial charge on any atom is 0.391 e. The van der Waals surface area contributed by atoms with Gasteiger partial charge in [-0.15, -0.1) is 0 Å². The molecule has 0 radical (unpaired) electrons. The van der Waals surface area contributed by atoms with Crippen molar-refractivity contribution in [3.63, 3.8) is 0 Å². The summed E-state index contributed by atoms with van der Waals surface area (Å²) in [6.45, 7) is 0. The molecule has 1 fully saturated rings. The number of alkyl halides is 3. The highest BCUT2D eigenvalue weighted by molar-refractivity contribution is 9.10. The maximum atomic E-state index is 12.6. The van der Waals surface area contributed by atoms with Crippen LogP contribution in [0.4, 0.5) is 13.2 Å². The van der Waals surface area contributed by atoms with Crippen LogP contribution >= 0.6 is 15.9 Å². The summed E-state index contributed by atoms with van der Waals surface area (Å²) >= 11 is 3.48. The molecule has 1 aromatic carbocycles. The Labute approximate surface area is 125 Å². The van der Waals surface area contributed by atoms with Gasteiger partial charge in [0.25, 0.3) is 0 Å². The first kappa shape index (κ1) is 15.8. The Bertz CT molecular complexity index is 439. The van der Waals surface area contributed by atoms with Crippen LogP contribution in [-0.2, 0) is 6.42 Å². The topological polar surface area (TPSA) is 26.0 Å². The largest absolute Gasteiger partial charge is 0.391 e. The summed E-state index contributed by atoms with van der Waals surface area (Å²) in [6, 6.07) is 7.79. The highest BCUT2D eigenvalue weighted by Crippen LogP contribution is 2.40. The maximum absolute atomic E-state index is 12.6. The normalized spacial score (nSPS) is 25.4. The minimum absolute atomic E-state index is 0.0668. The van der Waals surface area contributed by atoms with Gasteiger partial charge in [-0.1, -0.05) is 34.1 Å². The van der Waals surface area contributed by atoms with E-state index < -0.39 is 12.1 Å². The minimum atomic E-state index is -4.04. The second kappa shape index (κ2) is 6.48. The highest BCUT2D eigenvalue weighted by atomic mass is 79.9. The molecule has 0 amide bonds. The molecule has 0 aromatic heterocycles. The van der Waals surface area contributed by atoms with E-state index in [9.17, 15) is 13.2 Å². The Morgan fingerprint density at radius 1 is 1.15 bits per heavy atom. The van der Waals surface area contributed by atoms with Gasteiger partial charge in [-0.05, 0) is 49.7 Å². The third-order valence-corrected chi connectivity index (χ3v) is 5.03. The second-order valence-corrected chi connectivity index (χ2v) is 6.47. The van der Waals surface area contributed by atoms with Crippen molar-refractivity contribution >= 4 is 15.9 Å². The average molecular weight is 350 g/mol.